The van der Waals surface area contributed by atoms with Gasteiger partial charge in [0, 0.05) is 12.0 Å². The summed E-state index contributed by atoms with van der Waals surface area (Å²) in [5.74, 6) is -1.87. The number of amides is 1. The van der Waals surface area contributed by atoms with E-state index in [2.05, 4.69) is 14.8 Å². The molecule has 2 aromatic rings. The minimum absolute atomic E-state index is 0.139. The minimum Gasteiger partial charge on any atom is -0.478 e. The molecule has 2 aromatic carbocycles. The van der Waals surface area contributed by atoms with E-state index in [1.165, 1.54) is 30.3 Å². The van der Waals surface area contributed by atoms with Crippen LogP contribution in [0.5, 0.6) is 17.2 Å². The van der Waals surface area contributed by atoms with Crippen LogP contribution in [0.3, 0.4) is 0 Å². The number of carbonyl (C=O) groups is 1. The van der Waals surface area contributed by atoms with E-state index in [0.29, 0.717) is 18.4 Å². The number of para-hydroxylation sites is 1. The van der Waals surface area contributed by atoms with E-state index < -0.39 is 48.4 Å². The van der Waals surface area contributed by atoms with Gasteiger partial charge in [-0.3, -0.25) is 4.79 Å². The fourth-order valence-corrected chi connectivity index (χ4v) is 4.29. The summed E-state index contributed by atoms with van der Waals surface area (Å²) in [5, 5.41) is 2.77. The number of benzene rings is 2. The SMILES string of the molecule is O=C(N[C@@H]1CC(CF)(CF)Oc2c(F)cccc21)C1(c2ccc3c(c2)OC(F)(F)O3)CC1. The Balaban J connectivity index is 1.43. The standard InChI is InChI=1S/C22H18F5NO4/c23-10-20(11-24)9-15(13-2-1-3-14(25)18(13)32-20)28-19(29)21(6-7-21)12-4-5-16-17(8-12)31-22(26,27)30-16/h1-5,8,15H,6-7,9-11H2,(H,28,29)/t15-/m1/s1. The summed E-state index contributed by atoms with van der Waals surface area (Å²) in [6.45, 7) is -2.41. The van der Waals surface area contributed by atoms with E-state index in [1.807, 2.05) is 0 Å². The number of alkyl halides is 4. The van der Waals surface area contributed by atoms with Gasteiger partial charge in [-0.15, -0.1) is 8.78 Å². The Morgan fingerprint density at radius 3 is 2.44 bits per heavy atom. The smallest absolute Gasteiger partial charge is 0.478 e. The number of nitrogens with one attached hydrogen (secondary N) is 1. The molecule has 0 radical (unpaired) electrons. The van der Waals surface area contributed by atoms with Crippen LogP contribution in [0.1, 0.15) is 36.4 Å². The normalized spacial score (nSPS) is 23.1. The van der Waals surface area contributed by atoms with Crippen molar-refractivity contribution in [3.8, 4) is 17.2 Å². The number of rotatable bonds is 5. The quantitative estimate of drug-likeness (QED) is 0.675. The first kappa shape index (κ1) is 20.8. The average Bonchev–Trinajstić information content (AvgIpc) is 3.51. The molecule has 3 aliphatic rings. The molecule has 1 N–H and O–H groups in total. The first-order valence-corrected chi connectivity index (χ1v) is 10.0. The molecule has 5 rings (SSSR count). The minimum atomic E-state index is -3.78. The maximum atomic E-state index is 14.3. The molecule has 0 bridgehead atoms. The van der Waals surface area contributed by atoms with Gasteiger partial charge in [0.1, 0.15) is 13.3 Å². The van der Waals surface area contributed by atoms with Crippen molar-refractivity contribution in [1.29, 1.82) is 0 Å². The van der Waals surface area contributed by atoms with Crippen molar-refractivity contribution < 1.29 is 41.0 Å². The van der Waals surface area contributed by atoms with Crippen LogP contribution < -0.4 is 19.5 Å². The number of ether oxygens (including phenoxy) is 3. The number of halogens is 5. The van der Waals surface area contributed by atoms with E-state index in [9.17, 15) is 26.7 Å². The van der Waals surface area contributed by atoms with Crippen molar-refractivity contribution in [3.05, 3.63) is 53.3 Å². The van der Waals surface area contributed by atoms with E-state index in [4.69, 9.17) is 4.74 Å². The molecule has 32 heavy (non-hydrogen) atoms. The summed E-state index contributed by atoms with van der Waals surface area (Å²) in [4.78, 5) is 13.3. The third-order valence-corrected chi connectivity index (χ3v) is 6.20. The van der Waals surface area contributed by atoms with Crippen LogP contribution in [0, 0.1) is 5.82 Å². The van der Waals surface area contributed by atoms with Crippen LogP contribution >= 0.6 is 0 Å². The van der Waals surface area contributed by atoms with Crippen LogP contribution in [-0.2, 0) is 10.2 Å². The van der Waals surface area contributed by atoms with Crippen molar-refractivity contribution in [2.75, 3.05) is 13.3 Å². The maximum Gasteiger partial charge on any atom is 0.586 e. The molecule has 0 saturated heterocycles. The summed E-state index contributed by atoms with van der Waals surface area (Å²) in [6.07, 6.45) is -3.14. The molecule has 0 aromatic heterocycles. The van der Waals surface area contributed by atoms with Gasteiger partial charge in [0.2, 0.25) is 5.91 Å². The molecule has 1 atom stereocenters. The average molecular weight is 455 g/mol. The van der Waals surface area contributed by atoms with Crippen LogP contribution in [0.15, 0.2) is 36.4 Å². The predicted octanol–water partition coefficient (Wildman–Crippen LogP) is 4.50. The lowest BCUT2D eigenvalue weighted by Crippen LogP contribution is -2.50. The molecule has 1 aliphatic carbocycles. The van der Waals surface area contributed by atoms with Crippen molar-refractivity contribution in [2.45, 2.75) is 42.6 Å². The third-order valence-electron chi connectivity index (χ3n) is 6.20. The van der Waals surface area contributed by atoms with Gasteiger partial charge in [-0.25, -0.2) is 13.2 Å². The second-order valence-electron chi connectivity index (χ2n) is 8.35. The second kappa shape index (κ2) is 6.98. The van der Waals surface area contributed by atoms with Crippen LogP contribution in [0.2, 0.25) is 0 Å². The van der Waals surface area contributed by atoms with Crippen molar-refractivity contribution in [1.82, 2.24) is 5.32 Å². The molecule has 1 saturated carbocycles. The van der Waals surface area contributed by atoms with Gasteiger partial charge >= 0.3 is 6.29 Å². The van der Waals surface area contributed by atoms with Gasteiger partial charge in [0.05, 0.1) is 11.5 Å². The largest absolute Gasteiger partial charge is 0.586 e. The molecule has 10 heteroatoms. The lowest BCUT2D eigenvalue weighted by molar-refractivity contribution is -0.286. The van der Waals surface area contributed by atoms with Gasteiger partial charge in [-0.2, -0.15) is 0 Å². The van der Waals surface area contributed by atoms with Crippen LogP contribution in [0.25, 0.3) is 0 Å². The molecule has 0 spiro atoms. The monoisotopic (exact) mass is 455 g/mol. The molecule has 1 fully saturated rings. The summed E-state index contributed by atoms with van der Waals surface area (Å²) in [6, 6.07) is 7.27. The lowest BCUT2D eigenvalue weighted by atomic mass is 9.87. The highest BCUT2D eigenvalue weighted by Gasteiger charge is 2.54. The van der Waals surface area contributed by atoms with Crippen LogP contribution in [-0.4, -0.2) is 31.2 Å². The molecular weight excluding hydrogens is 437 g/mol. The molecule has 2 aliphatic heterocycles. The third kappa shape index (κ3) is 3.23. The number of fused-ring (bicyclic) bond motifs is 2. The van der Waals surface area contributed by atoms with E-state index in [1.54, 1.807) is 0 Å². The van der Waals surface area contributed by atoms with Crippen LogP contribution in [0.4, 0.5) is 22.0 Å². The van der Waals surface area contributed by atoms with Crippen molar-refractivity contribution >= 4 is 5.91 Å². The summed E-state index contributed by atoms with van der Waals surface area (Å²) in [5.41, 5.74) is -2.20. The van der Waals surface area contributed by atoms with Gasteiger partial charge in [-0.05, 0) is 36.6 Å². The first-order valence-electron chi connectivity index (χ1n) is 10.0. The molecular formula is C22H18F5NO4. The summed E-state index contributed by atoms with van der Waals surface area (Å²) < 4.78 is 82.6. The predicted molar refractivity (Wildman–Crippen MR) is 101 cm³/mol. The number of carbonyl (C=O) groups excluding carboxylic acids is 1. The van der Waals surface area contributed by atoms with E-state index >= 15 is 0 Å². The van der Waals surface area contributed by atoms with Gasteiger partial charge in [0.25, 0.3) is 0 Å². The Morgan fingerprint density at radius 1 is 1.03 bits per heavy atom. The summed E-state index contributed by atoms with van der Waals surface area (Å²) in [7, 11) is 0. The zero-order valence-corrected chi connectivity index (χ0v) is 16.6. The highest BCUT2D eigenvalue weighted by atomic mass is 19.3. The first-order chi connectivity index (χ1) is 15.2. The number of hydrogen-bond acceptors (Lipinski definition) is 4. The number of hydrogen-bond donors (Lipinski definition) is 1. The summed E-state index contributed by atoms with van der Waals surface area (Å²) >= 11 is 0. The van der Waals surface area contributed by atoms with Gasteiger partial charge in [-0.1, -0.05) is 18.2 Å². The van der Waals surface area contributed by atoms with E-state index in [-0.39, 0.29) is 29.2 Å². The molecule has 170 valence electrons. The second-order valence-corrected chi connectivity index (χ2v) is 8.35. The van der Waals surface area contributed by atoms with E-state index in [0.717, 1.165) is 6.07 Å². The zero-order chi connectivity index (χ0) is 22.7. The highest BCUT2D eigenvalue weighted by Crippen LogP contribution is 2.52. The maximum absolute atomic E-state index is 14.3. The topological polar surface area (TPSA) is 56.8 Å². The Kier molecular flexibility index (Phi) is 4.55. The fraction of sp³-hybridized carbons (Fsp3) is 0.409. The van der Waals surface area contributed by atoms with Crippen molar-refractivity contribution in [2.24, 2.45) is 0 Å². The Hall–Kier alpha value is -3.04. The Bertz CT molecular complexity index is 1080. The molecule has 0 unspecified atom stereocenters. The molecule has 2 heterocycles. The Morgan fingerprint density at radius 2 is 1.75 bits per heavy atom. The fourth-order valence-electron chi connectivity index (χ4n) is 4.29. The zero-order valence-electron chi connectivity index (χ0n) is 16.6. The van der Waals surface area contributed by atoms with Gasteiger partial charge < -0.3 is 19.5 Å². The van der Waals surface area contributed by atoms with Crippen molar-refractivity contribution in [3.63, 3.8) is 0 Å². The highest BCUT2D eigenvalue weighted by molar-refractivity contribution is 5.92. The Labute approximate surface area is 179 Å². The molecule has 5 nitrogen and oxygen atoms in total. The molecule has 1 amide bonds. The van der Waals surface area contributed by atoms with Gasteiger partial charge in [0.15, 0.2) is 28.7 Å². The lowest BCUT2D eigenvalue weighted by Gasteiger charge is -2.39.